The summed E-state index contributed by atoms with van der Waals surface area (Å²) in [5.41, 5.74) is -0.326. The SMILES string of the molecule is CC(C)(C)OC(=O)C1C2CCC1C1C3CCC(C3)C21. The van der Waals surface area contributed by atoms with E-state index in [4.69, 9.17) is 4.74 Å². The lowest BCUT2D eigenvalue weighted by atomic mass is 9.71. The molecule has 6 unspecified atom stereocenters. The van der Waals surface area contributed by atoms with E-state index < -0.39 is 0 Å². The molecule has 0 radical (unpaired) electrons. The molecule has 106 valence electrons. The monoisotopic (exact) mass is 262 g/mol. The van der Waals surface area contributed by atoms with E-state index in [1.807, 2.05) is 20.8 Å². The molecule has 0 spiro atoms. The molecule has 4 aliphatic rings. The third-order valence-corrected chi connectivity index (χ3v) is 6.47. The van der Waals surface area contributed by atoms with Crippen LogP contribution in [-0.2, 0) is 9.53 Å². The van der Waals surface area contributed by atoms with Gasteiger partial charge < -0.3 is 4.74 Å². The third-order valence-electron chi connectivity index (χ3n) is 6.47. The Kier molecular flexibility index (Phi) is 2.42. The van der Waals surface area contributed by atoms with E-state index in [2.05, 4.69) is 0 Å². The first-order valence-corrected chi connectivity index (χ1v) is 8.18. The van der Waals surface area contributed by atoms with Gasteiger partial charge in [-0.1, -0.05) is 0 Å². The second kappa shape index (κ2) is 3.77. The molecule has 4 bridgehead atoms. The molecule has 2 heteroatoms. The van der Waals surface area contributed by atoms with Crippen LogP contribution in [-0.4, -0.2) is 11.6 Å². The van der Waals surface area contributed by atoms with Gasteiger partial charge >= 0.3 is 5.97 Å². The Morgan fingerprint density at radius 2 is 1.47 bits per heavy atom. The first-order chi connectivity index (χ1) is 8.96. The van der Waals surface area contributed by atoms with Gasteiger partial charge in [0.1, 0.15) is 5.60 Å². The molecule has 4 rings (SSSR count). The predicted molar refractivity (Wildman–Crippen MR) is 73.4 cm³/mol. The molecule has 4 aliphatic carbocycles. The normalized spacial score (nSPS) is 50.6. The van der Waals surface area contributed by atoms with Crippen LogP contribution in [0.1, 0.15) is 52.9 Å². The highest BCUT2D eigenvalue weighted by atomic mass is 16.6. The van der Waals surface area contributed by atoms with Crippen molar-refractivity contribution >= 4 is 5.97 Å². The van der Waals surface area contributed by atoms with Gasteiger partial charge in [-0.25, -0.2) is 0 Å². The highest BCUT2D eigenvalue weighted by Gasteiger charge is 2.65. The highest BCUT2D eigenvalue weighted by molar-refractivity contribution is 5.75. The van der Waals surface area contributed by atoms with Gasteiger partial charge in [-0.2, -0.15) is 0 Å². The topological polar surface area (TPSA) is 26.3 Å². The van der Waals surface area contributed by atoms with Crippen molar-refractivity contribution in [2.45, 2.75) is 58.5 Å². The molecule has 0 aliphatic heterocycles. The van der Waals surface area contributed by atoms with Gasteiger partial charge in [-0.3, -0.25) is 4.79 Å². The van der Waals surface area contributed by atoms with Crippen LogP contribution in [0.2, 0.25) is 0 Å². The van der Waals surface area contributed by atoms with Crippen LogP contribution >= 0.6 is 0 Å². The molecule has 4 fully saturated rings. The zero-order valence-electron chi connectivity index (χ0n) is 12.4. The summed E-state index contributed by atoms with van der Waals surface area (Å²) < 4.78 is 5.72. The molecular weight excluding hydrogens is 236 g/mol. The fourth-order valence-corrected chi connectivity index (χ4v) is 6.30. The van der Waals surface area contributed by atoms with Crippen molar-refractivity contribution < 1.29 is 9.53 Å². The minimum Gasteiger partial charge on any atom is -0.460 e. The summed E-state index contributed by atoms with van der Waals surface area (Å²) in [4.78, 5) is 12.6. The molecule has 0 N–H and O–H groups in total. The molecule has 0 heterocycles. The lowest BCUT2D eigenvalue weighted by Crippen LogP contribution is -2.32. The number of carbonyl (C=O) groups excluding carboxylic acids is 1. The van der Waals surface area contributed by atoms with Crippen molar-refractivity contribution in [3.63, 3.8) is 0 Å². The molecular formula is C17H26O2. The van der Waals surface area contributed by atoms with Crippen molar-refractivity contribution in [3.05, 3.63) is 0 Å². The average molecular weight is 262 g/mol. The lowest BCUT2D eigenvalue weighted by Gasteiger charge is -2.34. The van der Waals surface area contributed by atoms with Crippen LogP contribution in [0.25, 0.3) is 0 Å². The summed E-state index contributed by atoms with van der Waals surface area (Å²) in [5, 5.41) is 0. The van der Waals surface area contributed by atoms with E-state index >= 15 is 0 Å². The van der Waals surface area contributed by atoms with Crippen molar-refractivity contribution in [2.75, 3.05) is 0 Å². The maximum absolute atomic E-state index is 12.6. The van der Waals surface area contributed by atoms with E-state index in [0.29, 0.717) is 11.8 Å². The molecule has 4 saturated carbocycles. The number of rotatable bonds is 1. The van der Waals surface area contributed by atoms with Crippen LogP contribution in [0, 0.1) is 41.4 Å². The minimum absolute atomic E-state index is 0.119. The van der Waals surface area contributed by atoms with Crippen LogP contribution in [0.5, 0.6) is 0 Å². The first-order valence-electron chi connectivity index (χ1n) is 8.18. The van der Waals surface area contributed by atoms with E-state index in [1.165, 1.54) is 32.1 Å². The van der Waals surface area contributed by atoms with Crippen LogP contribution in [0.4, 0.5) is 0 Å². The standard InChI is InChI=1S/C17H26O2/c1-17(2,3)19-16(18)15-11-6-7-12(15)14-10-5-4-9(8-10)13(11)14/h9-15H,4-8H2,1-3H3. The summed E-state index contributed by atoms with van der Waals surface area (Å²) in [7, 11) is 0. The molecule has 0 aromatic rings. The molecule has 0 aromatic carbocycles. The Bertz CT molecular complexity index is 384. The highest BCUT2D eigenvalue weighted by Crippen LogP contribution is 2.69. The molecule has 2 nitrogen and oxygen atoms in total. The summed E-state index contributed by atoms with van der Waals surface area (Å²) in [6.45, 7) is 5.98. The van der Waals surface area contributed by atoms with Gasteiger partial charge in [0.05, 0.1) is 5.92 Å². The predicted octanol–water partition coefficient (Wildman–Crippen LogP) is 3.65. The Labute approximate surface area is 116 Å². The van der Waals surface area contributed by atoms with Crippen molar-refractivity contribution in [1.82, 2.24) is 0 Å². The quantitative estimate of drug-likeness (QED) is 0.532. The summed E-state index contributed by atoms with van der Waals surface area (Å²) >= 11 is 0. The second-order valence-electron chi connectivity index (χ2n) is 8.45. The zero-order chi connectivity index (χ0) is 13.4. The van der Waals surface area contributed by atoms with E-state index in [1.54, 1.807) is 0 Å². The number of hydrogen-bond acceptors (Lipinski definition) is 2. The third kappa shape index (κ3) is 1.64. The number of hydrogen-bond donors (Lipinski definition) is 0. The Hall–Kier alpha value is -0.530. The molecule has 0 amide bonds. The first kappa shape index (κ1) is 12.2. The number of fused-ring (bicyclic) bond motifs is 9. The van der Waals surface area contributed by atoms with E-state index in [9.17, 15) is 4.79 Å². The molecule has 19 heavy (non-hydrogen) atoms. The smallest absolute Gasteiger partial charge is 0.310 e. The largest absolute Gasteiger partial charge is 0.460 e. The summed E-state index contributed by atoms with van der Waals surface area (Å²) in [6.07, 6.45) is 6.94. The zero-order valence-corrected chi connectivity index (χ0v) is 12.4. The van der Waals surface area contributed by atoms with Crippen molar-refractivity contribution in [3.8, 4) is 0 Å². The molecule has 0 saturated heterocycles. The average Bonchev–Trinajstić information content (AvgIpc) is 3.05. The van der Waals surface area contributed by atoms with Crippen LogP contribution in [0.3, 0.4) is 0 Å². The van der Waals surface area contributed by atoms with Gasteiger partial charge in [-0.05, 0) is 88.4 Å². The number of carbonyl (C=O) groups is 1. The fourth-order valence-electron chi connectivity index (χ4n) is 6.30. The van der Waals surface area contributed by atoms with Gasteiger partial charge in [0, 0.05) is 0 Å². The van der Waals surface area contributed by atoms with Gasteiger partial charge in [0.25, 0.3) is 0 Å². The summed E-state index contributed by atoms with van der Waals surface area (Å²) in [6, 6.07) is 0. The Morgan fingerprint density at radius 3 is 1.95 bits per heavy atom. The van der Waals surface area contributed by atoms with E-state index in [0.717, 1.165) is 23.7 Å². The van der Waals surface area contributed by atoms with E-state index in [-0.39, 0.29) is 17.5 Å². The summed E-state index contributed by atoms with van der Waals surface area (Å²) in [5.74, 6) is 5.38. The minimum atomic E-state index is -0.326. The Balaban J connectivity index is 1.58. The fraction of sp³-hybridized carbons (Fsp3) is 0.941. The van der Waals surface area contributed by atoms with Gasteiger partial charge in [0.2, 0.25) is 0 Å². The van der Waals surface area contributed by atoms with Crippen molar-refractivity contribution in [2.24, 2.45) is 41.4 Å². The van der Waals surface area contributed by atoms with Gasteiger partial charge in [-0.15, -0.1) is 0 Å². The van der Waals surface area contributed by atoms with Crippen molar-refractivity contribution in [1.29, 1.82) is 0 Å². The van der Waals surface area contributed by atoms with Gasteiger partial charge in [0.15, 0.2) is 0 Å². The number of esters is 1. The Morgan fingerprint density at radius 1 is 0.947 bits per heavy atom. The lowest BCUT2D eigenvalue weighted by molar-refractivity contribution is -0.162. The molecule has 6 atom stereocenters. The number of ether oxygens (including phenoxy) is 1. The maximum Gasteiger partial charge on any atom is 0.310 e. The second-order valence-corrected chi connectivity index (χ2v) is 8.45. The van der Waals surface area contributed by atoms with Crippen LogP contribution in [0.15, 0.2) is 0 Å². The maximum atomic E-state index is 12.6. The van der Waals surface area contributed by atoms with Crippen LogP contribution < -0.4 is 0 Å². The molecule has 0 aromatic heterocycles.